The molecule has 0 spiro atoms. The lowest BCUT2D eigenvalue weighted by Gasteiger charge is -2.11. The molecule has 1 atom stereocenters. The SMILES string of the molecule is COc1ccccc1C1=NOC(C(=O)Nc2ccc(-n3nc(C(F)(F)F)cc3C3CC3)cc2)C1. The molecule has 7 nitrogen and oxygen atoms in total. The second kappa shape index (κ2) is 8.51. The van der Waals surface area contributed by atoms with Crippen molar-refractivity contribution in [1.29, 1.82) is 0 Å². The van der Waals surface area contributed by atoms with E-state index in [0.29, 0.717) is 28.5 Å². The Labute approximate surface area is 193 Å². The summed E-state index contributed by atoms with van der Waals surface area (Å²) >= 11 is 0. The lowest BCUT2D eigenvalue weighted by Crippen LogP contribution is -2.28. The second-order valence-electron chi connectivity index (χ2n) is 8.21. The maximum absolute atomic E-state index is 13.2. The van der Waals surface area contributed by atoms with Gasteiger partial charge >= 0.3 is 6.18 Å². The fraction of sp³-hybridized carbons (Fsp3) is 0.292. The van der Waals surface area contributed by atoms with Crippen LogP contribution in [0.3, 0.4) is 0 Å². The van der Waals surface area contributed by atoms with Gasteiger partial charge in [-0.05, 0) is 55.3 Å². The van der Waals surface area contributed by atoms with Gasteiger partial charge < -0.3 is 14.9 Å². The topological polar surface area (TPSA) is 77.7 Å². The number of benzene rings is 2. The molecular weight excluding hydrogens is 449 g/mol. The van der Waals surface area contributed by atoms with Crippen LogP contribution in [-0.4, -0.2) is 34.6 Å². The lowest BCUT2D eigenvalue weighted by atomic mass is 10.0. The van der Waals surface area contributed by atoms with Crippen molar-refractivity contribution < 1.29 is 27.5 Å². The zero-order chi connectivity index (χ0) is 23.9. The molecule has 5 rings (SSSR count). The van der Waals surface area contributed by atoms with Gasteiger partial charge in [-0.15, -0.1) is 0 Å². The number of methoxy groups -OCH3 is 1. The fourth-order valence-corrected chi connectivity index (χ4v) is 3.88. The number of ether oxygens (including phenoxy) is 1. The molecule has 176 valence electrons. The maximum Gasteiger partial charge on any atom is 0.435 e. The number of carbonyl (C=O) groups excluding carboxylic acids is 1. The Morgan fingerprint density at radius 1 is 1.15 bits per heavy atom. The van der Waals surface area contributed by atoms with Crippen molar-refractivity contribution in [3.8, 4) is 11.4 Å². The zero-order valence-corrected chi connectivity index (χ0v) is 18.2. The third-order valence-electron chi connectivity index (χ3n) is 5.78. The molecule has 1 amide bonds. The summed E-state index contributed by atoms with van der Waals surface area (Å²) in [6.45, 7) is 0. The molecule has 1 unspecified atom stereocenters. The molecule has 2 aliphatic rings. The van der Waals surface area contributed by atoms with Crippen LogP contribution in [-0.2, 0) is 15.8 Å². The van der Waals surface area contributed by atoms with Crippen molar-refractivity contribution in [2.75, 3.05) is 12.4 Å². The second-order valence-corrected chi connectivity index (χ2v) is 8.21. The van der Waals surface area contributed by atoms with Gasteiger partial charge in [0.05, 0.1) is 18.5 Å². The molecule has 0 saturated heterocycles. The molecule has 1 aromatic heterocycles. The van der Waals surface area contributed by atoms with Crippen molar-refractivity contribution in [2.45, 2.75) is 37.5 Å². The number of alkyl halides is 3. The molecule has 34 heavy (non-hydrogen) atoms. The first-order chi connectivity index (χ1) is 16.3. The number of para-hydroxylation sites is 1. The third-order valence-corrected chi connectivity index (χ3v) is 5.78. The Balaban J connectivity index is 1.27. The summed E-state index contributed by atoms with van der Waals surface area (Å²) in [5, 5.41) is 10.6. The summed E-state index contributed by atoms with van der Waals surface area (Å²) in [5.41, 5.74) is 1.99. The first kappa shape index (κ1) is 22.0. The van der Waals surface area contributed by atoms with E-state index in [1.165, 1.54) is 4.68 Å². The van der Waals surface area contributed by atoms with E-state index in [4.69, 9.17) is 9.57 Å². The molecular formula is C24H21F3N4O3. The average molecular weight is 470 g/mol. The molecule has 1 aliphatic heterocycles. The van der Waals surface area contributed by atoms with Gasteiger partial charge in [0, 0.05) is 29.3 Å². The fourth-order valence-electron chi connectivity index (χ4n) is 3.88. The lowest BCUT2D eigenvalue weighted by molar-refractivity contribution is -0.141. The number of halogens is 3. The highest BCUT2D eigenvalue weighted by atomic mass is 19.4. The number of carbonyl (C=O) groups is 1. The monoisotopic (exact) mass is 470 g/mol. The van der Waals surface area contributed by atoms with E-state index in [1.807, 2.05) is 18.2 Å². The number of anilines is 1. The highest BCUT2D eigenvalue weighted by Gasteiger charge is 2.38. The van der Waals surface area contributed by atoms with Gasteiger partial charge in [0.2, 0.25) is 6.10 Å². The van der Waals surface area contributed by atoms with Crippen LogP contribution in [0.2, 0.25) is 0 Å². The summed E-state index contributed by atoms with van der Waals surface area (Å²) < 4.78 is 46.2. The largest absolute Gasteiger partial charge is 0.496 e. The molecule has 0 bridgehead atoms. The first-order valence-electron chi connectivity index (χ1n) is 10.8. The number of amides is 1. The van der Waals surface area contributed by atoms with E-state index in [-0.39, 0.29) is 18.2 Å². The molecule has 0 radical (unpaired) electrons. The Bertz CT molecular complexity index is 1250. The summed E-state index contributed by atoms with van der Waals surface area (Å²) in [5.74, 6) is 0.345. The zero-order valence-electron chi connectivity index (χ0n) is 18.2. The van der Waals surface area contributed by atoms with Crippen LogP contribution in [0.25, 0.3) is 5.69 Å². The van der Waals surface area contributed by atoms with E-state index in [1.54, 1.807) is 37.4 Å². The molecule has 1 saturated carbocycles. The quantitative estimate of drug-likeness (QED) is 0.556. The third kappa shape index (κ3) is 4.35. The Kier molecular flexibility index (Phi) is 5.51. The van der Waals surface area contributed by atoms with Crippen molar-refractivity contribution >= 4 is 17.3 Å². The summed E-state index contributed by atoms with van der Waals surface area (Å²) in [6, 6.07) is 14.9. The van der Waals surface area contributed by atoms with Crippen LogP contribution < -0.4 is 10.1 Å². The first-order valence-corrected chi connectivity index (χ1v) is 10.8. The molecule has 1 aliphatic carbocycles. The smallest absolute Gasteiger partial charge is 0.435 e. The standard InChI is InChI=1S/C24H21F3N4O3/c1-33-20-5-3-2-4-17(20)18-12-21(34-30-18)23(32)28-15-8-10-16(11-9-15)31-19(14-6-7-14)13-22(29-31)24(25,26)27/h2-5,8-11,13-14,21H,6-7,12H2,1H3,(H,28,32). The molecule has 10 heteroatoms. The van der Waals surface area contributed by atoms with Gasteiger partial charge in [0.15, 0.2) is 5.69 Å². The summed E-state index contributed by atoms with van der Waals surface area (Å²) in [6.07, 6.45) is -3.34. The average Bonchev–Trinajstić information content (AvgIpc) is 3.36. The summed E-state index contributed by atoms with van der Waals surface area (Å²) in [4.78, 5) is 18.0. The van der Waals surface area contributed by atoms with Crippen LogP contribution in [0.5, 0.6) is 5.75 Å². The Morgan fingerprint density at radius 2 is 1.88 bits per heavy atom. The number of hydrogen-bond donors (Lipinski definition) is 1. The van der Waals surface area contributed by atoms with Crippen molar-refractivity contribution in [1.82, 2.24) is 9.78 Å². The van der Waals surface area contributed by atoms with E-state index in [0.717, 1.165) is 24.5 Å². The highest BCUT2D eigenvalue weighted by molar-refractivity contribution is 6.07. The van der Waals surface area contributed by atoms with E-state index in [2.05, 4.69) is 15.6 Å². The van der Waals surface area contributed by atoms with Crippen LogP contribution in [0.15, 0.2) is 59.8 Å². The predicted molar refractivity (Wildman–Crippen MR) is 118 cm³/mol. The number of rotatable bonds is 6. The van der Waals surface area contributed by atoms with E-state index >= 15 is 0 Å². The minimum atomic E-state index is -4.51. The van der Waals surface area contributed by atoms with Crippen LogP contribution in [0, 0.1) is 0 Å². The van der Waals surface area contributed by atoms with Crippen LogP contribution >= 0.6 is 0 Å². The predicted octanol–water partition coefficient (Wildman–Crippen LogP) is 4.91. The van der Waals surface area contributed by atoms with E-state index < -0.39 is 18.0 Å². The number of aromatic nitrogens is 2. The number of nitrogens with one attached hydrogen (secondary N) is 1. The summed E-state index contributed by atoms with van der Waals surface area (Å²) in [7, 11) is 1.56. The molecule has 1 N–H and O–H groups in total. The Morgan fingerprint density at radius 3 is 2.56 bits per heavy atom. The highest BCUT2D eigenvalue weighted by Crippen LogP contribution is 2.43. The minimum Gasteiger partial charge on any atom is -0.496 e. The molecule has 2 heterocycles. The van der Waals surface area contributed by atoms with Crippen molar-refractivity contribution in [3.05, 3.63) is 71.5 Å². The minimum absolute atomic E-state index is 0.0833. The van der Waals surface area contributed by atoms with Gasteiger partial charge in [-0.1, -0.05) is 17.3 Å². The van der Waals surface area contributed by atoms with Gasteiger partial charge in [-0.2, -0.15) is 18.3 Å². The van der Waals surface area contributed by atoms with Crippen molar-refractivity contribution in [3.63, 3.8) is 0 Å². The van der Waals surface area contributed by atoms with Crippen molar-refractivity contribution in [2.24, 2.45) is 5.16 Å². The van der Waals surface area contributed by atoms with Gasteiger partial charge in [0.25, 0.3) is 5.91 Å². The van der Waals surface area contributed by atoms with Gasteiger partial charge in [0.1, 0.15) is 5.75 Å². The van der Waals surface area contributed by atoms with Gasteiger partial charge in [-0.25, -0.2) is 4.68 Å². The molecule has 3 aromatic rings. The Hall–Kier alpha value is -3.82. The molecule has 1 fully saturated rings. The number of hydrogen-bond acceptors (Lipinski definition) is 5. The van der Waals surface area contributed by atoms with Crippen LogP contribution in [0.4, 0.5) is 18.9 Å². The molecule has 2 aromatic carbocycles. The normalized spacial score (nSPS) is 17.8. The maximum atomic E-state index is 13.2. The van der Waals surface area contributed by atoms with Gasteiger partial charge in [-0.3, -0.25) is 4.79 Å². The number of nitrogens with zero attached hydrogens (tertiary/aromatic N) is 3. The van der Waals surface area contributed by atoms with E-state index in [9.17, 15) is 18.0 Å². The number of oxime groups is 1. The van der Waals surface area contributed by atoms with Crippen LogP contribution in [0.1, 0.15) is 42.1 Å².